The maximum absolute atomic E-state index is 14.4. The fraction of sp³-hybridized carbons (Fsp3) is 0.714. The minimum Gasteiger partial charge on any atom is -0.478 e. The largest absolute Gasteiger partial charge is 0.478 e. The molecule has 5 aliphatic carbocycles. The van der Waals surface area contributed by atoms with Crippen molar-refractivity contribution in [1.29, 1.82) is 0 Å². The first kappa shape index (κ1) is 34.5. The van der Waals surface area contributed by atoms with Gasteiger partial charge in [-0.25, -0.2) is 4.79 Å². The van der Waals surface area contributed by atoms with Gasteiger partial charge < -0.3 is 15.3 Å². The van der Waals surface area contributed by atoms with Crippen LogP contribution in [0.5, 0.6) is 0 Å². The Labute approximate surface area is 285 Å². The van der Waals surface area contributed by atoms with Crippen LogP contribution in [0.4, 0.5) is 0 Å². The van der Waals surface area contributed by atoms with E-state index in [0.717, 1.165) is 38.6 Å². The molecule has 1 aromatic carbocycles. The summed E-state index contributed by atoms with van der Waals surface area (Å²) in [6.07, 6.45) is 12.7. The van der Waals surface area contributed by atoms with Gasteiger partial charge in [0.2, 0.25) is 5.91 Å². The Hall–Kier alpha value is -2.40. The van der Waals surface area contributed by atoms with Gasteiger partial charge in [0.15, 0.2) is 0 Å². The highest BCUT2D eigenvalue weighted by Crippen LogP contribution is 2.77. The van der Waals surface area contributed by atoms with Crippen molar-refractivity contribution in [3.05, 3.63) is 53.6 Å². The Kier molecular flexibility index (Phi) is 8.50. The zero-order valence-corrected chi connectivity index (χ0v) is 30.8. The molecule has 0 bridgehead atoms. The molecule has 4 saturated carbocycles. The number of carboxylic acid groups (broad SMARTS) is 1. The molecule has 0 aliphatic heterocycles. The summed E-state index contributed by atoms with van der Waals surface area (Å²) in [5.74, 6) is 1.97. The number of carboxylic acids is 1. The van der Waals surface area contributed by atoms with Crippen LogP contribution in [0, 0.1) is 56.7 Å². The fourth-order valence-corrected chi connectivity index (χ4v) is 13.4. The fourth-order valence-electron chi connectivity index (χ4n) is 13.4. The lowest BCUT2D eigenvalue weighted by molar-refractivity contribution is -0.225. The molecule has 2 N–H and O–H groups in total. The number of allylic oxidation sites excluding steroid dienone is 3. The van der Waals surface area contributed by atoms with Crippen LogP contribution in [0.15, 0.2) is 42.5 Å². The molecular weight excluding hydrogens is 580 g/mol. The molecule has 0 heterocycles. The first-order valence-electron chi connectivity index (χ1n) is 18.6. The van der Waals surface area contributed by atoms with Gasteiger partial charge in [0, 0.05) is 12.6 Å². The minimum absolute atomic E-state index is 0.00359. The van der Waals surface area contributed by atoms with Crippen molar-refractivity contribution in [2.75, 3.05) is 20.6 Å². The Morgan fingerprint density at radius 1 is 0.936 bits per heavy atom. The summed E-state index contributed by atoms with van der Waals surface area (Å²) in [5, 5.41) is 13.0. The van der Waals surface area contributed by atoms with E-state index in [4.69, 9.17) is 0 Å². The van der Waals surface area contributed by atoms with Gasteiger partial charge in [0.25, 0.3) is 0 Å². The molecule has 258 valence electrons. The van der Waals surface area contributed by atoms with Crippen LogP contribution < -0.4 is 5.32 Å². The lowest BCUT2D eigenvalue weighted by Gasteiger charge is -2.72. The summed E-state index contributed by atoms with van der Waals surface area (Å²) in [7, 11) is 4.17. The lowest BCUT2D eigenvalue weighted by atomic mass is 9.32. The average molecular weight is 643 g/mol. The highest BCUT2D eigenvalue weighted by Gasteiger charge is 2.71. The normalized spacial score (nSPS) is 41.1. The topological polar surface area (TPSA) is 69.6 Å². The second-order valence-electron chi connectivity index (χ2n) is 18.4. The summed E-state index contributed by atoms with van der Waals surface area (Å²) in [5.41, 5.74) is 4.50. The number of nitrogens with one attached hydrogen (secondary N) is 1. The van der Waals surface area contributed by atoms with E-state index in [0.29, 0.717) is 41.1 Å². The van der Waals surface area contributed by atoms with Crippen LogP contribution in [-0.4, -0.2) is 48.6 Å². The van der Waals surface area contributed by atoms with Gasteiger partial charge >= 0.3 is 5.97 Å². The molecule has 10 atom stereocenters. The number of benzene rings is 1. The van der Waals surface area contributed by atoms with Gasteiger partial charge in [0.1, 0.15) is 0 Å². The third kappa shape index (κ3) is 5.02. The first-order chi connectivity index (χ1) is 21.9. The Balaban J connectivity index is 1.33. The Morgan fingerprint density at radius 2 is 1.62 bits per heavy atom. The molecule has 6 rings (SSSR count). The van der Waals surface area contributed by atoms with E-state index < -0.39 is 5.97 Å². The first-order valence-corrected chi connectivity index (χ1v) is 18.6. The van der Waals surface area contributed by atoms with E-state index in [-0.39, 0.29) is 33.1 Å². The number of hydrogen-bond acceptors (Lipinski definition) is 3. The van der Waals surface area contributed by atoms with Gasteiger partial charge in [-0.05, 0) is 160 Å². The van der Waals surface area contributed by atoms with Crippen LogP contribution in [0.3, 0.4) is 0 Å². The molecule has 0 saturated heterocycles. The molecule has 4 fully saturated rings. The molecule has 1 amide bonds. The van der Waals surface area contributed by atoms with Crippen LogP contribution in [-0.2, 0) is 4.79 Å². The molecule has 5 heteroatoms. The second kappa shape index (κ2) is 11.6. The van der Waals surface area contributed by atoms with Gasteiger partial charge in [-0.3, -0.25) is 4.79 Å². The zero-order valence-electron chi connectivity index (χ0n) is 30.8. The smallest absolute Gasteiger partial charge is 0.335 e. The summed E-state index contributed by atoms with van der Waals surface area (Å²) in [4.78, 5) is 28.1. The monoisotopic (exact) mass is 642 g/mol. The number of carbonyl (C=O) groups is 2. The van der Waals surface area contributed by atoms with Crippen LogP contribution >= 0.6 is 0 Å². The second-order valence-corrected chi connectivity index (χ2v) is 18.4. The van der Waals surface area contributed by atoms with Gasteiger partial charge in [0.05, 0.1) is 11.0 Å². The molecule has 0 spiro atoms. The molecule has 0 radical (unpaired) electrons. The number of carbonyl (C=O) groups excluding carboxylic acids is 1. The van der Waals surface area contributed by atoms with Crippen molar-refractivity contribution in [1.82, 2.24) is 10.2 Å². The van der Waals surface area contributed by atoms with Crippen molar-refractivity contribution in [3.8, 4) is 0 Å². The number of fused-ring (bicyclic) bond motifs is 7. The summed E-state index contributed by atoms with van der Waals surface area (Å²) in [6.45, 7) is 22.6. The highest BCUT2D eigenvalue weighted by atomic mass is 16.4. The predicted octanol–water partition coefficient (Wildman–Crippen LogP) is 9.10. The molecular formula is C42H62N2O3. The van der Waals surface area contributed by atoms with Crippen molar-refractivity contribution in [3.63, 3.8) is 0 Å². The van der Waals surface area contributed by atoms with Crippen LogP contribution in [0.2, 0.25) is 0 Å². The van der Waals surface area contributed by atoms with Crippen molar-refractivity contribution in [2.24, 2.45) is 56.7 Å². The molecule has 5 nitrogen and oxygen atoms in total. The average Bonchev–Trinajstić information content (AvgIpc) is 3.38. The van der Waals surface area contributed by atoms with E-state index in [2.05, 4.69) is 85.4 Å². The van der Waals surface area contributed by atoms with Crippen LogP contribution in [0.1, 0.15) is 122 Å². The maximum Gasteiger partial charge on any atom is 0.335 e. The number of likely N-dealkylation sites (N-methyl/N-ethyl adjacent to an activating group) is 1. The van der Waals surface area contributed by atoms with E-state index in [1.165, 1.54) is 42.4 Å². The van der Waals surface area contributed by atoms with Crippen molar-refractivity contribution >= 4 is 17.4 Å². The van der Waals surface area contributed by atoms with E-state index in [1.807, 2.05) is 12.1 Å². The Bertz CT molecular complexity index is 1460. The standard InChI is InChI=1S/C42H62N2O3/c1-26(2)30-17-22-42(37(47)43-27(3)25-44(9)10)24-23-40(7)32(35(30)42)15-16-34-39(6)20-18-31(28-11-13-29(14-12-28)36(45)46)38(4,5)33(39)19-21-41(34,40)8/h11-14,18,27,30,32-35H,1,15-17,19-25H2,2-10H3,(H,43,47)(H,45,46)/t27?,30-,32+,33-,34+,35+,39-,40+,41+,42-/m0/s1. The Morgan fingerprint density at radius 3 is 2.23 bits per heavy atom. The molecule has 0 aromatic heterocycles. The van der Waals surface area contributed by atoms with Crippen molar-refractivity contribution in [2.45, 2.75) is 112 Å². The molecule has 1 aromatic rings. The number of hydrogen-bond donors (Lipinski definition) is 2. The summed E-state index contributed by atoms with van der Waals surface area (Å²) >= 11 is 0. The van der Waals surface area contributed by atoms with Gasteiger partial charge in [-0.1, -0.05) is 65.0 Å². The summed E-state index contributed by atoms with van der Waals surface area (Å²) < 4.78 is 0. The van der Waals surface area contributed by atoms with Crippen molar-refractivity contribution < 1.29 is 14.7 Å². The highest BCUT2D eigenvalue weighted by molar-refractivity contribution is 5.88. The molecule has 5 aliphatic rings. The third-order valence-corrected chi connectivity index (χ3v) is 15.6. The van der Waals surface area contributed by atoms with Gasteiger partial charge in [-0.15, -0.1) is 0 Å². The minimum atomic E-state index is -0.872. The number of nitrogens with zero attached hydrogens (tertiary/aromatic N) is 1. The molecule has 1 unspecified atom stereocenters. The van der Waals surface area contributed by atoms with Crippen LogP contribution in [0.25, 0.3) is 5.57 Å². The van der Waals surface area contributed by atoms with E-state index >= 15 is 0 Å². The molecule has 47 heavy (non-hydrogen) atoms. The lowest BCUT2D eigenvalue weighted by Crippen LogP contribution is -2.66. The number of rotatable bonds is 7. The maximum atomic E-state index is 14.4. The van der Waals surface area contributed by atoms with E-state index in [9.17, 15) is 14.7 Å². The van der Waals surface area contributed by atoms with Gasteiger partial charge in [-0.2, -0.15) is 0 Å². The quantitative estimate of drug-likeness (QED) is 0.291. The number of aromatic carboxylic acids is 1. The zero-order chi connectivity index (χ0) is 34.3. The van der Waals surface area contributed by atoms with E-state index in [1.54, 1.807) is 12.1 Å². The summed E-state index contributed by atoms with van der Waals surface area (Å²) in [6, 6.07) is 7.69. The third-order valence-electron chi connectivity index (χ3n) is 15.6. The predicted molar refractivity (Wildman–Crippen MR) is 192 cm³/mol. The number of amides is 1. The SMILES string of the molecule is C=C(C)[C@@H]1CC[C@]2(C(=O)NC(C)CN(C)C)CC[C@]3(C)[C@H](CC[C@@H]4[C@@]5(C)CC=C(c6ccc(C(=O)O)cc6)C(C)(C)[C@@H]5CC[C@]43C)[C@@H]12.